The number of alkyl halides is 3. The largest absolute Gasteiger partial charge is 0.496 e. The maximum absolute atomic E-state index is 15.6. The molecule has 0 radical (unpaired) electrons. The van der Waals surface area contributed by atoms with Crippen LogP contribution in [-0.2, 0) is 17.5 Å². The minimum Gasteiger partial charge on any atom is -0.496 e. The fourth-order valence-corrected chi connectivity index (χ4v) is 6.18. The highest BCUT2D eigenvalue weighted by Gasteiger charge is 2.42. The van der Waals surface area contributed by atoms with E-state index in [0.717, 1.165) is 31.6 Å². The summed E-state index contributed by atoms with van der Waals surface area (Å²) in [6, 6.07) is 14.7. The molecule has 2 atom stereocenters. The molecule has 0 spiro atoms. The molecule has 4 aromatic rings. The van der Waals surface area contributed by atoms with Crippen molar-refractivity contribution in [1.82, 2.24) is 9.88 Å². The molecule has 6 rings (SSSR count). The highest BCUT2D eigenvalue weighted by molar-refractivity contribution is 5.89. The van der Waals surface area contributed by atoms with Crippen LogP contribution in [0.4, 0.5) is 28.2 Å². The number of aromatic carboxylic acids is 1. The summed E-state index contributed by atoms with van der Waals surface area (Å²) in [7, 11) is 1.39. The zero-order valence-electron chi connectivity index (χ0n) is 26.6. The summed E-state index contributed by atoms with van der Waals surface area (Å²) in [5.74, 6) is -0.877. The van der Waals surface area contributed by atoms with E-state index in [0.29, 0.717) is 33.8 Å². The Balaban J connectivity index is 1.42. The molecule has 2 aliphatic rings. The van der Waals surface area contributed by atoms with Crippen LogP contribution in [0.5, 0.6) is 5.75 Å². The third-order valence-corrected chi connectivity index (χ3v) is 8.93. The molecule has 0 aliphatic carbocycles. The lowest BCUT2D eigenvalue weighted by molar-refractivity contribution is -0.137. The van der Waals surface area contributed by atoms with Crippen molar-refractivity contribution in [1.29, 1.82) is 5.26 Å². The first kappa shape index (κ1) is 33.3. The summed E-state index contributed by atoms with van der Waals surface area (Å²) >= 11 is 0. The highest BCUT2D eigenvalue weighted by Crippen LogP contribution is 2.42. The fraction of sp³-hybridized carbons (Fsp3) is 0.278. The van der Waals surface area contributed by atoms with Crippen molar-refractivity contribution in [2.45, 2.75) is 45.1 Å². The Morgan fingerprint density at radius 3 is 2.41 bits per heavy atom. The number of cyclic esters (lactones) is 1. The number of nitriles is 1. The summed E-state index contributed by atoms with van der Waals surface area (Å²) in [5, 5.41) is 18.8. The Kier molecular flexibility index (Phi) is 8.66. The number of carboxylic acid groups (broad SMARTS) is 1. The lowest BCUT2D eigenvalue weighted by Crippen LogP contribution is -2.38. The van der Waals surface area contributed by atoms with Crippen LogP contribution in [0.1, 0.15) is 57.8 Å². The van der Waals surface area contributed by atoms with Crippen molar-refractivity contribution in [3.8, 4) is 34.1 Å². The van der Waals surface area contributed by atoms with Crippen molar-refractivity contribution in [3.05, 3.63) is 100.0 Å². The molecule has 3 heterocycles. The SMILES string of the molecule is COc1cc(F)c(-c2ccc(C(=O)O)cc2C)cc1-c1ccc(N2CCC2)nc1CN1C(=O)O[C@H](c2cc(C#N)cc(C(F)(F)F)c2)[C@@H]1C. The molecule has 9 nitrogen and oxygen atoms in total. The van der Waals surface area contributed by atoms with Crippen LogP contribution < -0.4 is 9.64 Å². The maximum atomic E-state index is 15.6. The van der Waals surface area contributed by atoms with E-state index in [1.165, 1.54) is 42.3 Å². The van der Waals surface area contributed by atoms with Gasteiger partial charge in [0, 0.05) is 35.8 Å². The molecule has 49 heavy (non-hydrogen) atoms. The molecule has 13 heteroatoms. The Hall–Kier alpha value is -5.64. The van der Waals surface area contributed by atoms with Crippen molar-refractivity contribution in [2.75, 3.05) is 25.1 Å². The first-order valence-electron chi connectivity index (χ1n) is 15.4. The van der Waals surface area contributed by atoms with Gasteiger partial charge >= 0.3 is 18.2 Å². The zero-order valence-corrected chi connectivity index (χ0v) is 26.6. The molecule has 1 amide bonds. The van der Waals surface area contributed by atoms with Crippen LogP contribution in [0.25, 0.3) is 22.3 Å². The van der Waals surface area contributed by atoms with Gasteiger partial charge in [0.2, 0.25) is 0 Å². The Bertz CT molecular complexity index is 2020. The molecular formula is C36H30F4N4O5. The van der Waals surface area contributed by atoms with Gasteiger partial charge in [0.15, 0.2) is 0 Å². The Morgan fingerprint density at radius 2 is 1.80 bits per heavy atom. The number of amides is 1. The molecule has 1 N–H and O–H groups in total. The third kappa shape index (κ3) is 6.34. The van der Waals surface area contributed by atoms with Gasteiger partial charge in [-0.05, 0) is 85.5 Å². The van der Waals surface area contributed by atoms with Gasteiger partial charge in [0.25, 0.3) is 0 Å². The average molecular weight is 675 g/mol. The number of carbonyl (C=O) groups is 2. The summed E-state index contributed by atoms with van der Waals surface area (Å²) in [6.45, 7) is 4.77. The van der Waals surface area contributed by atoms with Crippen molar-refractivity contribution < 1.29 is 41.7 Å². The predicted octanol–water partition coefficient (Wildman–Crippen LogP) is 7.75. The van der Waals surface area contributed by atoms with Crippen molar-refractivity contribution in [2.24, 2.45) is 0 Å². The first-order valence-corrected chi connectivity index (χ1v) is 15.4. The second kappa shape index (κ2) is 12.8. The Morgan fingerprint density at radius 1 is 1.06 bits per heavy atom. The first-order chi connectivity index (χ1) is 23.3. The number of pyridine rings is 1. The number of halogens is 4. The van der Waals surface area contributed by atoms with E-state index in [1.807, 2.05) is 6.07 Å². The predicted molar refractivity (Wildman–Crippen MR) is 171 cm³/mol. The van der Waals surface area contributed by atoms with Gasteiger partial charge < -0.3 is 19.5 Å². The van der Waals surface area contributed by atoms with E-state index < -0.39 is 41.8 Å². The number of carboxylic acids is 1. The molecule has 2 fully saturated rings. The van der Waals surface area contributed by atoms with Gasteiger partial charge in [-0.2, -0.15) is 18.4 Å². The second-order valence-electron chi connectivity index (χ2n) is 12.0. The molecule has 2 saturated heterocycles. The molecule has 3 aromatic carbocycles. The summed E-state index contributed by atoms with van der Waals surface area (Å²) < 4.78 is 67.7. The van der Waals surface area contributed by atoms with Crippen LogP contribution in [0.3, 0.4) is 0 Å². The van der Waals surface area contributed by atoms with E-state index in [4.69, 9.17) is 14.5 Å². The smallest absolute Gasteiger partial charge is 0.416 e. The van der Waals surface area contributed by atoms with Crippen molar-refractivity contribution in [3.63, 3.8) is 0 Å². The number of carbonyl (C=O) groups excluding carboxylic acids is 1. The average Bonchev–Trinajstić information content (AvgIpc) is 3.32. The molecule has 0 unspecified atom stereocenters. The van der Waals surface area contributed by atoms with E-state index in [9.17, 15) is 33.1 Å². The summed E-state index contributed by atoms with van der Waals surface area (Å²) in [5.41, 5.74) is 1.41. The topological polar surface area (TPSA) is 116 Å². The Labute approximate surface area is 278 Å². The van der Waals surface area contributed by atoms with Gasteiger partial charge in [0.1, 0.15) is 23.5 Å². The van der Waals surface area contributed by atoms with E-state index in [1.54, 1.807) is 32.0 Å². The van der Waals surface area contributed by atoms with Gasteiger partial charge in [-0.25, -0.2) is 19.0 Å². The van der Waals surface area contributed by atoms with Crippen LogP contribution in [0, 0.1) is 24.1 Å². The van der Waals surface area contributed by atoms with Crippen LogP contribution >= 0.6 is 0 Å². The van der Waals surface area contributed by atoms with E-state index in [2.05, 4.69) is 4.90 Å². The molecular weight excluding hydrogens is 644 g/mol. The molecule has 2 aliphatic heterocycles. The number of anilines is 1. The van der Waals surface area contributed by atoms with E-state index in [-0.39, 0.29) is 34.5 Å². The molecule has 0 saturated carbocycles. The number of ether oxygens (including phenoxy) is 2. The monoisotopic (exact) mass is 674 g/mol. The van der Waals surface area contributed by atoms with Crippen LogP contribution in [0.15, 0.2) is 60.7 Å². The number of nitrogens with zero attached hydrogens (tertiary/aromatic N) is 4. The van der Waals surface area contributed by atoms with Crippen LogP contribution in [0.2, 0.25) is 0 Å². The zero-order chi connectivity index (χ0) is 35.2. The number of hydrogen-bond acceptors (Lipinski definition) is 7. The molecule has 1 aromatic heterocycles. The van der Waals surface area contributed by atoms with Gasteiger partial charge in [-0.3, -0.25) is 4.90 Å². The number of benzene rings is 3. The number of aryl methyl sites for hydroxylation is 1. The molecule has 252 valence electrons. The quantitative estimate of drug-likeness (QED) is 0.189. The van der Waals surface area contributed by atoms with E-state index >= 15 is 4.39 Å². The minimum atomic E-state index is -4.72. The standard InChI is InChI=1S/C36H30F4N4O5/c1-19-11-22(34(45)46)5-6-25(19)27-15-28(31(48-3)16-29(27)37)26-7-8-32(43-9-4-10-43)42-30(26)18-44-20(2)33(49-35(44)47)23-12-21(17-41)13-24(14-23)36(38,39)40/h5-8,11-16,20,33H,4,9-10,18H2,1-3H3,(H,45,46)/t20-,33-/m0/s1. The lowest BCUT2D eigenvalue weighted by atomic mass is 9.93. The van der Waals surface area contributed by atoms with Gasteiger partial charge in [-0.15, -0.1) is 0 Å². The second-order valence-corrected chi connectivity index (χ2v) is 12.0. The van der Waals surface area contributed by atoms with Gasteiger partial charge in [-0.1, -0.05) is 6.07 Å². The number of aromatic nitrogens is 1. The summed E-state index contributed by atoms with van der Waals surface area (Å²) in [4.78, 5) is 33.1. The van der Waals surface area contributed by atoms with Crippen molar-refractivity contribution >= 4 is 17.9 Å². The minimum absolute atomic E-state index is 0.0337. The number of methoxy groups -OCH3 is 1. The fourth-order valence-electron chi connectivity index (χ4n) is 6.18. The normalized spacial score (nSPS) is 17.4. The molecule has 0 bridgehead atoms. The number of hydrogen-bond donors (Lipinski definition) is 1. The van der Waals surface area contributed by atoms with Crippen LogP contribution in [-0.4, -0.2) is 53.3 Å². The lowest BCUT2D eigenvalue weighted by Gasteiger charge is -2.33. The third-order valence-electron chi connectivity index (χ3n) is 8.93. The van der Waals surface area contributed by atoms with Gasteiger partial charge in [0.05, 0.1) is 48.1 Å². The highest BCUT2D eigenvalue weighted by atomic mass is 19.4. The summed E-state index contributed by atoms with van der Waals surface area (Å²) in [6.07, 6.45) is -5.62. The number of rotatable bonds is 8. The maximum Gasteiger partial charge on any atom is 0.416 e.